The Hall–Kier alpha value is -2.65. The minimum absolute atomic E-state index is 0.216. The summed E-state index contributed by atoms with van der Waals surface area (Å²) in [4.78, 5) is 33.8. The zero-order valence-corrected chi connectivity index (χ0v) is 21.3. The first kappa shape index (κ1) is 26.9. The molecule has 3 atom stereocenters. The second-order valence-electron chi connectivity index (χ2n) is 9.58. The second-order valence-corrected chi connectivity index (χ2v) is 10.5. The summed E-state index contributed by atoms with van der Waals surface area (Å²) in [7, 11) is 0. The van der Waals surface area contributed by atoms with Gasteiger partial charge in [0.25, 0.3) is 5.91 Å². The summed E-state index contributed by atoms with van der Waals surface area (Å²) < 4.78 is 0. The zero-order valence-electron chi connectivity index (χ0n) is 20.4. The van der Waals surface area contributed by atoms with Crippen LogP contribution in [0.25, 0.3) is 0 Å². The predicted molar refractivity (Wildman–Crippen MR) is 136 cm³/mol. The van der Waals surface area contributed by atoms with Crippen molar-refractivity contribution >= 4 is 23.8 Å². The van der Waals surface area contributed by atoms with Gasteiger partial charge in [0.05, 0.1) is 11.6 Å². The smallest absolute Gasteiger partial charge is 0.405 e. The lowest BCUT2D eigenvalue weighted by Crippen LogP contribution is -2.64. The van der Waals surface area contributed by atoms with Crippen molar-refractivity contribution in [3.63, 3.8) is 0 Å². The Morgan fingerprint density at radius 2 is 1.86 bits per heavy atom. The van der Waals surface area contributed by atoms with Crippen LogP contribution in [0.4, 0.5) is 4.79 Å². The average molecular weight is 501 g/mol. The fourth-order valence-corrected chi connectivity index (χ4v) is 5.96. The van der Waals surface area contributed by atoms with Crippen LogP contribution in [0.1, 0.15) is 70.4 Å². The van der Waals surface area contributed by atoms with Crippen LogP contribution >= 0.6 is 11.8 Å². The number of thioether (sulfide) groups is 1. The summed E-state index contributed by atoms with van der Waals surface area (Å²) in [5.41, 5.74) is -0.596. The van der Waals surface area contributed by atoms with Crippen LogP contribution in [0, 0.1) is 5.41 Å². The normalized spacial score (nSPS) is 17.9. The van der Waals surface area contributed by atoms with E-state index in [0.29, 0.717) is 30.2 Å². The largest absolute Gasteiger partial charge is 0.465 e. The van der Waals surface area contributed by atoms with Gasteiger partial charge in [0, 0.05) is 18.1 Å². The molecule has 8 nitrogen and oxygen atoms in total. The third kappa shape index (κ3) is 7.18. The SMILES string of the molecule is CCCCC(CC1(CSc2ncccn2)CCC1)(NC(=O)O)C(O)C(=O)N[C@H](C)c1ccccc1. The van der Waals surface area contributed by atoms with Gasteiger partial charge in [-0.3, -0.25) is 4.79 Å². The molecular formula is C26H36N4O4S. The molecule has 2 aromatic rings. The monoisotopic (exact) mass is 500 g/mol. The Balaban J connectivity index is 1.83. The first-order chi connectivity index (χ1) is 16.8. The van der Waals surface area contributed by atoms with Gasteiger partial charge >= 0.3 is 6.09 Å². The number of aliphatic hydroxyl groups excluding tert-OH is 1. The van der Waals surface area contributed by atoms with E-state index in [-0.39, 0.29) is 11.5 Å². The highest BCUT2D eigenvalue weighted by Crippen LogP contribution is 2.51. The Bertz CT molecular complexity index is 958. The van der Waals surface area contributed by atoms with E-state index in [4.69, 9.17) is 0 Å². The van der Waals surface area contributed by atoms with Crippen LogP contribution in [-0.4, -0.2) is 49.6 Å². The van der Waals surface area contributed by atoms with Crippen molar-refractivity contribution in [2.45, 2.75) is 81.6 Å². The van der Waals surface area contributed by atoms with Crippen LogP contribution in [0.3, 0.4) is 0 Å². The molecule has 0 aliphatic heterocycles. The van der Waals surface area contributed by atoms with E-state index in [0.717, 1.165) is 31.2 Å². The van der Waals surface area contributed by atoms with E-state index >= 15 is 0 Å². The highest BCUT2D eigenvalue weighted by Gasteiger charge is 2.51. The fourth-order valence-electron chi connectivity index (χ4n) is 4.87. The highest BCUT2D eigenvalue weighted by molar-refractivity contribution is 7.99. The van der Waals surface area contributed by atoms with Crippen molar-refractivity contribution < 1.29 is 19.8 Å². The summed E-state index contributed by atoms with van der Waals surface area (Å²) in [5.74, 6) is 0.126. The standard InChI is InChI=1S/C26H36N4O4S/c1-3-4-14-26(30-24(33)34,21(31)22(32)29-19(2)20-10-6-5-7-11-20)17-25(12-8-13-25)18-35-23-27-15-9-16-28-23/h5-7,9-11,15-16,19,21,30-31H,3-4,8,12-14,17-18H2,1-2H3,(H,29,32)(H,33,34)/t19-,21?,26?/m1/s1. The van der Waals surface area contributed by atoms with Crippen LogP contribution in [0.5, 0.6) is 0 Å². The van der Waals surface area contributed by atoms with Crippen molar-refractivity contribution in [3.8, 4) is 0 Å². The van der Waals surface area contributed by atoms with Crippen molar-refractivity contribution in [1.82, 2.24) is 20.6 Å². The number of hydrogen-bond donors (Lipinski definition) is 4. The van der Waals surface area contributed by atoms with Crippen LogP contribution in [0.15, 0.2) is 53.9 Å². The summed E-state index contributed by atoms with van der Waals surface area (Å²) in [5, 5.41) is 27.3. The van der Waals surface area contributed by atoms with Gasteiger partial charge in [0.15, 0.2) is 11.3 Å². The van der Waals surface area contributed by atoms with Crippen molar-refractivity contribution in [2.75, 3.05) is 5.75 Å². The minimum Gasteiger partial charge on any atom is -0.465 e. The summed E-state index contributed by atoms with van der Waals surface area (Å²) in [6.07, 6.45) is 5.71. The van der Waals surface area contributed by atoms with Gasteiger partial charge in [0.2, 0.25) is 0 Å². The average Bonchev–Trinajstić information content (AvgIpc) is 2.84. The third-order valence-electron chi connectivity index (χ3n) is 6.92. The topological polar surface area (TPSA) is 124 Å². The second kappa shape index (κ2) is 12.4. The maximum atomic E-state index is 13.3. The molecule has 1 aliphatic carbocycles. The van der Waals surface area contributed by atoms with E-state index in [9.17, 15) is 19.8 Å². The molecule has 1 heterocycles. The number of unbranched alkanes of at least 4 members (excludes halogenated alkanes) is 1. The Morgan fingerprint density at radius 3 is 2.43 bits per heavy atom. The van der Waals surface area contributed by atoms with Gasteiger partial charge in [-0.25, -0.2) is 14.8 Å². The number of benzene rings is 1. The number of nitrogens with zero attached hydrogens (tertiary/aromatic N) is 2. The quantitative estimate of drug-likeness (QED) is 0.235. The molecule has 0 saturated heterocycles. The molecule has 4 N–H and O–H groups in total. The molecule has 3 rings (SSSR count). The molecule has 9 heteroatoms. The molecule has 35 heavy (non-hydrogen) atoms. The Labute approximate surface area is 211 Å². The molecule has 190 valence electrons. The molecule has 2 unspecified atom stereocenters. The minimum atomic E-state index is -1.52. The van der Waals surface area contributed by atoms with Gasteiger partial charge in [0.1, 0.15) is 0 Å². The van der Waals surface area contributed by atoms with E-state index in [1.165, 1.54) is 11.8 Å². The molecule has 1 aromatic heterocycles. The summed E-state index contributed by atoms with van der Waals surface area (Å²) >= 11 is 1.54. The lowest BCUT2D eigenvalue weighted by Gasteiger charge is -2.50. The molecule has 1 aromatic carbocycles. The van der Waals surface area contributed by atoms with Crippen molar-refractivity contribution in [3.05, 3.63) is 54.4 Å². The number of carboxylic acid groups (broad SMARTS) is 1. The number of carbonyl (C=O) groups excluding carboxylic acids is 1. The summed E-state index contributed by atoms with van der Waals surface area (Å²) in [6.45, 7) is 3.86. The van der Waals surface area contributed by atoms with Crippen molar-refractivity contribution in [1.29, 1.82) is 0 Å². The van der Waals surface area contributed by atoms with Gasteiger partial charge in [-0.2, -0.15) is 0 Å². The lowest BCUT2D eigenvalue weighted by molar-refractivity contribution is -0.136. The maximum Gasteiger partial charge on any atom is 0.405 e. The van der Waals surface area contributed by atoms with Crippen LogP contribution in [-0.2, 0) is 4.79 Å². The molecule has 1 aliphatic rings. The van der Waals surface area contributed by atoms with E-state index in [2.05, 4.69) is 20.6 Å². The first-order valence-electron chi connectivity index (χ1n) is 12.2. The van der Waals surface area contributed by atoms with Gasteiger partial charge in [-0.05, 0) is 49.7 Å². The molecule has 0 spiro atoms. The maximum absolute atomic E-state index is 13.3. The van der Waals surface area contributed by atoms with E-state index in [1.807, 2.05) is 44.2 Å². The third-order valence-corrected chi connectivity index (χ3v) is 8.14. The summed E-state index contributed by atoms with van der Waals surface area (Å²) in [6, 6.07) is 10.9. The molecule has 0 radical (unpaired) electrons. The highest BCUT2D eigenvalue weighted by atomic mass is 32.2. The lowest BCUT2D eigenvalue weighted by atomic mass is 9.61. The zero-order chi connectivity index (χ0) is 25.3. The van der Waals surface area contributed by atoms with E-state index < -0.39 is 23.6 Å². The number of aliphatic hydroxyl groups is 1. The van der Waals surface area contributed by atoms with Crippen LogP contribution < -0.4 is 10.6 Å². The van der Waals surface area contributed by atoms with Crippen molar-refractivity contribution in [2.24, 2.45) is 5.41 Å². The number of hydrogen-bond acceptors (Lipinski definition) is 6. The number of rotatable bonds is 13. The fraction of sp³-hybridized carbons (Fsp3) is 0.538. The van der Waals surface area contributed by atoms with Gasteiger partial charge in [-0.15, -0.1) is 0 Å². The van der Waals surface area contributed by atoms with Crippen LogP contribution in [0.2, 0.25) is 0 Å². The Kier molecular flexibility index (Phi) is 9.51. The van der Waals surface area contributed by atoms with E-state index in [1.54, 1.807) is 18.5 Å². The van der Waals surface area contributed by atoms with Gasteiger partial charge in [-0.1, -0.05) is 68.3 Å². The molecule has 2 amide bonds. The van der Waals surface area contributed by atoms with Gasteiger partial charge < -0.3 is 20.8 Å². The number of aromatic nitrogens is 2. The number of nitrogens with one attached hydrogen (secondary N) is 2. The number of carbonyl (C=O) groups is 2. The number of amides is 2. The Morgan fingerprint density at radius 1 is 1.17 bits per heavy atom. The molecule has 1 fully saturated rings. The molecule has 1 saturated carbocycles. The predicted octanol–water partition coefficient (Wildman–Crippen LogP) is 4.56. The molecular weight excluding hydrogens is 464 g/mol. The molecule has 0 bridgehead atoms. The first-order valence-corrected chi connectivity index (χ1v) is 13.2.